The molecule has 3 rings (SSSR count). The molecule has 8 nitrogen and oxygen atoms in total. The van der Waals surface area contributed by atoms with E-state index in [1.54, 1.807) is 11.8 Å². The zero-order valence-corrected chi connectivity index (χ0v) is 15.9. The molecule has 1 atom stereocenters. The Labute approximate surface area is 160 Å². The molecule has 1 unspecified atom stereocenters. The molecule has 2 aromatic rings. The van der Waals surface area contributed by atoms with E-state index < -0.39 is 11.9 Å². The summed E-state index contributed by atoms with van der Waals surface area (Å²) in [4.78, 5) is 37.4. The lowest BCUT2D eigenvalue weighted by Crippen LogP contribution is -2.25. The number of esters is 1. The maximum atomic E-state index is 12.5. The molecule has 1 aliphatic rings. The van der Waals surface area contributed by atoms with Crippen molar-refractivity contribution in [3.8, 4) is 0 Å². The Morgan fingerprint density at radius 1 is 1.30 bits per heavy atom. The van der Waals surface area contributed by atoms with Crippen LogP contribution < -0.4 is 10.2 Å². The molecule has 2 heterocycles. The maximum Gasteiger partial charge on any atom is 0.397 e. The van der Waals surface area contributed by atoms with E-state index in [2.05, 4.69) is 27.2 Å². The highest BCUT2D eigenvalue weighted by Crippen LogP contribution is 2.35. The third kappa shape index (κ3) is 4.13. The zero-order valence-electron chi connectivity index (χ0n) is 15.1. The summed E-state index contributed by atoms with van der Waals surface area (Å²) in [5.74, 6) is -1.92. The molecule has 1 N–H and O–H groups in total. The van der Waals surface area contributed by atoms with Gasteiger partial charge in [0.25, 0.3) is 0 Å². The molecule has 0 saturated carbocycles. The SMILES string of the molecule is CCOC(=O)C(=O)Nc1nnc(C2CC(=O)N(c3ccccc3CC)C2)s1. The van der Waals surface area contributed by atoms with Crippen LogP contribution in [0.25, 0.3) is 0 Å². The number of amides is 2. The Morgan fingerprint density at radius 2 is 2.07 bits per heavy atom. The molecule has 142 valence electrons. The highest BCUT2D eigenvalue weighted by atomic mass is 32.1. The van der Waals surface area contributed by atoms with E-state index >= 15 is 0 Å². The molecule has 0 aliphatic carbocycles. The number of carbonyl (C=O) groups excluding carboxylic acids is 3. The fraction of sp³-hybridized carbons (Fsp3) is 0.389. The summed E-state index contributed by atoms with van der Waals surface area (Å²) in [5, 5.41) is 11.2. The van der Waals surface area contributed by atoms with E-state index in [4.69, 9.17) is 0 Å². The van der Waals surface area contributed by atoms with Crippen molar-refractivity contribution >= 4 is 39.9 Å². The van der Waals surface area contributed by atoms with Gasteiger partial charge in [0.15, 0.2) is 0 Å². The summed E-state index contributed by atoms with van der Waals surface area (Å²) in [5.41, 5.74) is 2.04. The molecule has 1 aliphatic heterocycles. The topological polar surface area (TPSA) is 101 Å². The van der Waals surface area contributed by atoms with Crippen LogP contribution in [-0.4, -0.2) is 41.1 Å². The molecule has 2 amide bonds. The standard InChI is InChI=1S/C18H20N4O4S/c1-3-11-7-5-6-8-13(11)22-10-12(9-14(22)23)16-20-21-18(27-16)19-15(24)17(25)26-4-2/h5-8,12H,3-4,9-10H2,1-2H3,(H,19,21,24). The fourth-order valence-electron chi connectivity index (χ4n) is 2.97. The van der Waals surface area contributed by atoms with Crippen LogP contribution in [0.1, 0.15) is 36.8 Å². The third-order valence-corrected chi connectivity index (χ3v) is 5.26. The molecule has 1 aromatic heterocycles. The van der Waals surface area contributed by atoms with E-state index in [1.807, 2.05) is 24.3 Å². The number of ether oxygens (including phenoxy) is 1. The third-order valence-electron chi connectivity index (χ3n) is 4.26. The molecular formula is C18H20N4O4S. The van der Waals surface area contributed by atoms with Crippen LogP contribution in [-0.2, 0) is 25.5 Å². The largest absolute Gasteiger partial charge is 0.459 e. The van der Waals surface area contributed by atoms with E-state index in [0.717, 1.165) is 29.0 Å². The lowest BCUT2D eigenvalue weighted by molar-refractivity contribution is -0.152. The number of carbonyl (C=O) groups is 3. The van der Waals surface area contributed by atoms with Crippen molar-refractivity contribution in [3.63, 3.8) is 0 Å². The number of anilines is 2. The van der Waals surface area contributed by atoms with Crippen molar-refractivity contribution in [3.05, 3.63) is 34.8 Å². The predicted molar refractivity (Wildman–Crippen MR) is 101 cm³/mol. The van der Waals surface area contributed by atoms with Crippen molar-refractivity contribution in [2.24, 2.45) is 0 Å². The van der Waals surface area contributed by atoms with E-state index in [9.17, 15) is 14.4 Å². The van der Waals surface area contributed by atoms with Gasteiger partial charge in [-0.15, -0.1) is 10.2 Å². The van der Waals surface area contributed by atoms with Gasteiger partial charge in [0.2, 0.25) is 11.0 Å². The van der Waals surface area contributed by atoms with Gasteiger partial charge in [-0.05, 0) is 25.0 Å². The van der Waals surface area contributed by atoms with Gasteiger partial charge in [0.1, 0.15) is 5.01 Å². The predicted octanol–water partition coefficient (Wildman–Crippen LogP) is 2.12. The molecule has 1 aromatic carbocycles. The first kappa shape index (κ1) is 19.0. The highest BCUT2D eigenvalue weighted by molar-refractivity contribution is 7.15. The number of nitrogens with one attached hydrogen (secondary N) is 1. The Hall–Kier alpha value is -2.81. The van der Waals surface area contributed by atoms with Crippen molar-refractivity contribution in [1.29, 1.82) is 0 Å². The second-order valence-electron chi connectivity index (χ2n) is 6.01. The quantitative estimate of drug-likeness (QED) is 0.622. The Kier molecular flexibility index (Phi) is 5.80. The summed E-state index contributed by atoms with van der Waals surface area (Å²) in [6.07, 6.45) is 1.17. The first-order valence-electron chi connectivity index (χ1n) is 8.73. The number of nitrogens with zero attached hydrogens (tertiary/aromatic N) is 3. The molecule has 1 saturated heterocycles. The smallest absolute Gasteiger partial charge is 0.397 e. The number of aromatic nitrogens is 2. The minimum Gasteiger partial charge on any atom is -0.459 e. The second-order valence-corrected chi connectivity index (χ2v) is 7.02. The summed E-state index contributed by atoms with van der Waals surface area (Å²) < 4.78 is 4.64. The Bertz CT molecular complexity index is 867. The van der Waals surface area contributed by atoms with Gasteiger partial charge in [0.05, 0.1) is 6.61 Å². The second kappa shape index (κ2) is 8.26. The minimum atomic E-state index is -0.965. The van der Waals surface area contributed by atoms with Crippen LogP contribution >= 0.6 is 11.3 Å². The minimum absolute atomic E-state index is 0.0354. The first-order chi connectivity index (χ1) is 13.0. The van der Waals surface area contributed by atoms with Gasteiger partial charge < -0.3 is 9.64 Å². The summed E-state index contributed by atoms with van der Waals surface area (Å²) in [6, 6.07) is 7.85. The van der Waals surface area contributed by atoms with Gasteiger partial charge >= 0.3 is 11.9 Å². The van der Waals surface area contributed by atoms with Crippen LogP contribution in [0.15, 0.2) is 24.3 Å². The average Bonchev–Trinajstić information content (AvgIpc) is 3.28. The van der Waals surface area contributed by atoms with Crippen LogP contribution in [0.5, 0.6) is 0 Å². The van der Waals surface area contributed by atoms with Gasteiger partial charge in [0, 0.05) is 24.6 Å². The van der Waals surface area contributed by atoms with Gasteiger partial charge in [-0.1, -0.05) is 36.5 Å². The summed E-state index contributed by atoms with van der Waals surface area (Å²) >= 11 is 1.16. The van der Waals surface area contributed by atoms with Gasteiger partial charge in [-0.3, -0.25) is 14.9 Å². The Morgan fingerprint density at radius 3 is 2.81 bits per heavy atom. The average molecular weight is 388 g/mol. The van der Waals surface area contributed by atoms with Crippen LogP contribution in [0.2, 0.25) is 0 Å². The molecule has 27 heavy (non-hydrogen) atoms. The summed E-state index contributed by atoms with van der Waals surface area (Å²) in [6.45, 7) is 4.30. The van der Waals surface area contributed by atoms with E-state index in [0.29, 0.717) is 18.0 Å². The molecule has 0 radical (unpaired) electrons. The number of benzene rings is 1. The normalized spacial score (nSPS) is 16.4. The lowest BCUT2D eigenvalue weighted by Gasteiger charge is -2.19. The van der Waals surface area contributed by atoms with Gasteiger partial charge in [-0.2, -0.15) is 0 Å². The number of hydrogen-bond donors (Lipinski definition) is 1. The van der Waals surface area contributed by atoms with Crippen molar-refractivity contribution in [2.75, 3.05) is 23.4 Å². The lowest BCUT2D eigenvalue weighted by atomic mass is 10.1. The summed E-state index contributed by atoms with van der Waals surface area (Å²) in [7, 11) is 0. The number of hydrogen-bond acceptors (Lipinski definition) is 7. The van der Waals surface area contributed by atoms with Crippen molar-refractivity contribution in [2.45, 2.75) is 32.6 Å². The van der Waals surface area contributed by atoms with Gasteiger partial charge in [-0.25, -0.2) is 4.79 Å². The molecule has 1 fully saturated rings. The van der Waals surface area contributed by atoms with Crippen LogP contribution in [0.3, 0.4) is 0 Å². The van der Waals surface area contributed by atoms with Crippen LogP contribution in [0, 0.1) is 0 Å². The molecule has 0 spiro atoms. The molecule has 9 heteroatoms. The fourth-order valence-corrected chi connectivity index (χ4v) is 3.80. The molecular weight excluding hydrogens is 368 g/mol. The monoisotopic (exact) mass is 388 g/mol. The highest BCUT2D eigenvalue weighted by Gasteiger charge is 2.34. The zero-order chi connectivity index (χ0) is 19.4. The first-order valence-corrected chi connectivity index (χ1v) is 9.54. The number of aryl methyl sites for hydroxylation is 1. The van der Waals surface area contributed by atoms with Crippen molar-refractivity contribution in [1.82, 2.24) is 10.2 Å². The Balaban J connectivity index is 1.70. The van der Waals surface area contributed by atoms with Crippen LogP contribution in [0.4, 0.5) is 10.8 Å². The molecule has 0 bridgehead atoms. The van der Waals surface area contributed by atoms with E-state index in [-0.39, 0.29) is 23.6 Å². The number of para-hydroxylation sites is 1. The van der Waals surface area contributed by atoms with Crippen molar-refractivity contribution < 1.29 is 19.1 Å². The van der Waals surface area contributed by atoms with E-state index in [1.165, 1.54) is 0 Å². The maximum absolute atomic E-state index is 12.5. The number of rotatable bonds is 5.